The van der Waals surface area contributed by atoms with Crippen LogP contribution in [0.1, 0.15) is 70.0 Å². The number of aromatic amines is 1. The number of nitrogens with one attached hydrogen (secondary N) is 2. The molecule has 14 nitrogen and oxygen atoms in total. The van der Waals surface area contributed by atoms with Crippen molar-refractivity contribution >= 4 is 28.7 Å². The largest absolute Gasteiger partial charge is 0.506 e. The molecule has 3 aliphatic heterocycles. The van der Waals surface area contributed by atoms with E-state index in [9.17, 15) is 34.5 Å². The van der Waals surface area contributed by atoms with E-state index in [-0.39, 0.29) is 59.8 Å². The van der Waals surface area contributed by atoms with Gasteiger partial charge in [-0.25, -0.2) is 4.79 Å². The monoisotopic (exact) mass is 947 g/mol. The molecule has 3 aliphatic rings. The maximum atomic E-state index is 13.9. The second-order valence-electron chi connectivity index (χ2n) is 19.2. The zero-order chi connectivity index (χ0) is 48.7. The first kappa shape index (κ1) is 48.2. The summed E-state index contributed by atoms with van der Waals surface area (Å²) in [6.07, 6.45) is 3.17. The Hall–Kier alpha value is -6.84. The number of pyridine rings is 1. The molecule has 0 radical (unpaired) electrons. The molecule has 1 spiro atoms. The van der Waals surface area contributed by atoms with E-state index < -0.39 is 17.7 Å². The molecule has 70 heavy (non-hydrogen) atoms. The lowest BCUT2D eigenvalue weighted by molar-refractivity contribution is -0.164. The molecule has 5 N–H and O–H groups in total. The number of likely N-dealkylation sites (tertiary alicyclic amines) is 3. The second-order valence-corrected chi connectivity index (χ2v) is 19.2. The Labute approximate surface area is 407 Å². The van der Waals surface area contributed by atoms with E-state index >= 15 is 0 Å². The molecule has 0 aliphatic carbocycles. The van der Waals surface area contributed by atoms with Gasteiger partial charge in [-0.15, -0.1) is 0 Å². The lowest BCUT2D eigenvalue weighted by Gasteiger charge is -2.54. The summed E-state index contributed by atoms with van der Waals surface area (Å²) in [5.41, 5.74) is 2.05. The minimum atomic E-state index is -2.09. The summed E-state index contributed by atoms with van der Waals surface area (Å²) in [7, 11) is 0. The van der Waals surface area contributed by atoms with E-state index in [1.54, 1.807) is 65.6 Å². The SMILES string of the molecule is O=C(COc1cccc([C@](O)(C(=O)OCC2CCN(Cc3ccccc3)CC2)c2ccccc2)c1)N1CCC2(CC1)CN(C(=O)c1ccc(CCNC[C@H](O)c3ccc(O)c4[nH]c(=O)ccc34)cc1)C2. The third kappa shape index (κ3) is 11.0. The number of fused-ring (bicyclic) bond motifs is 1. The number of phenolic OH excluding ortho intramolecular Hbond substituents is 1. The van der Waals surface area contributed by atoms with E-state index in [1.165, 1.54) is 17.7 Å². The minimum Gasteiger partial charge on any atom is -0.506 e. The number of carbonyl (C=O) groups is 3. The minimum absolute atomic E-state index is 0.0158. The average molecular weight is 948 g/mol. The zero-order valence-electron chi connectivity index (χ0n) is 39.3. The highest BCUT2D eigenvalue weighted by Gasteiger charge is 2.47. The summed E-state index contributed by atoms with van der Waals surface area (Å²) in [5.74, 6) is -0.448. The number of aromatic nitrogens is 1. The van der Waals surface area contributed by atoms with Crippen molar-refractivity contribution in [1.29, 1.82) is 0 Å². The predicted molar refractivity (Wildman–Crippen MR) is 265 cm³/mol. The smallest absolute Gasteiger partial charge is 0.347 e. The molecular formula is C56H61N5O9. The normalized spacial score (nSPS) is 17.4. The lowest BCUT2D eigenvalue weighted by atomic mass is 9.71. The number of esters is 1. The fourth-order valence-corrected chi connectivity index (χ4v) is 10.2. The number of piperidine rings is 2. The van der Waals surface area contributed by atoms with Crippen molar-refractivity contribution < 1.29 is 39.2 Å². The van der Waals surface area contributed by atoms with Gasteiger partial charge >= 0.3 is 5.97 Å². The second kappa shape index (κ2) is 21.4. The Kier molecular flexibility index (Phi) is 14.8. The number of carbonyl (C=O) groups excluding carboxylic acids is 3. The van der Waals surface area contributed by atoms with Gasteiger partial charge in [-0.2, -0.15) is 0 Å². The zero-order valence-corrected chi connectivity index (χ0v) is 39.3. The first-order valence-corrected chi connectivity index (χ1v) is 24.3. The van der Waals surface area contributed by atoms with Gasteiger partial charge in [0.25, 0.3) is 11.8 Å². The van der Waals surface area contributed by atoms with Gasteiger partial charge in [0.2, 0.25) is 11.2 Å². The van der Waals surface area contributed by atoms with Crippen LogP contribution in [0.2, 0.25) is 0 Å². The quantitative estimate of drug-likeness (QED) is 0.0539. The van der Waals surface area contributed by atoms with E-state index in [0.717, 1.165) is 50.9 Å². The van der Waals surface area contributed by atoms with E-state index in [1.807, 2.05) is 41.3 Å². The van der Waals surface area contributed by atoms with Gasteiger partial charge in [-0.1, -0.05) is 91.0 Å². The molecule has 5 aromatic carbocycles. The van der Waals surface area contributed by atoms with Crippen LogP contribution in [0.15, 0.2) is 138 Å². The molecule has 6 aromatic rings. The molecule has 3 fully saturated rings. The van der Waals surface area contributed by atoms with Crippen molar-refractivity contribution in [2.24, 2.45) is 11.3 Å². The molecule has 3 saturated heterocycles. The lowest BCUT2D eigenvalue weighted by Crippen LogP contribution is -2.62. The molecule has 9 rings (SSSR count). The molecule has 1 aromatic heterocycles. The number of aliphatic hydroxyl groups is 2. The van der Waals surface area contributed by atoms with Gasteiger partial charge in [-0.3, -0.25) is 19.3 Å². The topological polar surface area (TPSA) is 185 Å². The maximum absolute atomic E-state index is 13.9. The summed E-state index contributed by atoms with van der Waals surface area (Å²) < 4.78 is 11.9. The van der Waals surface area contributed by atoms with Crippen LogP contribution in [0, 0.1) is 11.3 Å². The van der Waals surface area contributed by atoms with Gasteiger partial charge in [-0.05, 0) is 116 Å². The van der Waals surface area contributed by atoms with Crippen LogP contribution in [0.4, 0.5) is 0 Å². The Morgan fingerprint density at radius 2 is 1.49 bits per heavy atom. The van der Waals surface area contributed by atoms with Crippen LogP contribution in [0.25, 0.3) is 10.9 Å². The van der Waals surface area contributed by atoms with Crippen molar-refractivity contribution in [3.63, 3.8) is 0 Å². The van der Waals surface area contributed by atoms with Crippen molar-refractivity contribution in [3.8, 4) is 11.5 Å². The summed E-state index contributed by atoms with van der Waals surface area (Å²) in [6.45, 7) is 5.97. The number of H-pyrrole nitrogens is 1. The van der Waals surface area contributed by atoms with Crippen LogP contribution in [-0.2, 0) is 32.9 Å². The van der Waals surface area contributed by atoms with Gasteiger partial charge in [0, 0.05) is 67.3 Å². The molecular weight excluding hydrogens is 887 g/mol. The Morgan fingerprint density at radius 3 is 2.21 bits per heavy atom. The van der Waals surface area contributed by atoms with E-state index in [4.69, 9.17) is 9.47 Å². The fourth-order valence-electron chi connectivity index (χ4n) is 10.2. The average Bonchev–Trinajstić information content (AvgIpc) is 3.38. The van der Waals surface area contributed by atoms with Crippen LogP contribution in [0.3, 0.4) is 0 Å². The van der Waals surface area contributed by atoms with Crippen molar-refractivity contribution in [3.05, 3.63) is 177 Å². The highest BCUT2D eigenvalue weighted by molar-refractivity contribution is 5.95. The van der Waals surface area contributed by atoms with Gasteiger partial charge in [0.15, 0.2) is 6.61 Å². The Bertz CT molecular complexity index is 2820. The summed E-state index contributed by atoms with van der Waals surface area (Å²) in [6, 6.07) is 39.5. The van der Waals surface area contributed by atoms with Gasteiger partial charge in [0.05, 0.1) is 18.2 Å². The van der Waals surface area contributed by atoms with Crippen molar-refractivity contribution in [1.82, 2.24) is 25.0 Å². The molecule has 0 saturated carbocycles. The summed E-state index contributed by atoms with van der Waals surface area (Å²) in [5, 5.41) is 37.1. The number of rotatable bonds is 17. The number of ether oxygens (including phenoxy) is 2. The number of phenols is 1. The summed E-state index contributed by atoms with van der Waals surface area (Å²) in [4.78, 5) is 61.3. The van der Waals surface area contributed by atoms with Crippen LogP contribution in [0.5, 0.6) is 11.5 Å². The number of aromatic hydroxyl groups is 1. The maximum Gasteiger partial charge on any atom is 0.347 e. The summed E-state index contributed by atoms with van der Waals surface area (Å²) >= 11 is 0. The molecule has 0 bridgehead atoms. The molecule has 14 heteroatoms. The molecule has 0 unspecified atom stereocenters. The number of benzene rings is 5. The number of aliphatic hydroxyl groups excluding tert-OH is 1. The first-order chi connectivity index (χ1) is 34.0. The van der Waals surface area contributed by atoms with Crippen LogP contribution in [-0.4, -0.2) is 118 Å². The third-order valence-corrected chi connectivity index (χ3v) is 14.4. The van der Waals surface area contributed by atoms with Crippen molar-refractivity contribution in [2.45, 2.75) is 50.4 Å². The molecule has 4 heterocycles. The van der Waals surface area contributed by atoms with Crippen molar-refractivity contribution in [2.75, 3.05) is 65.6 Å². The van der Waals surface area contributed by atoms with Crippen LogP contribution >= 0.6 is 0 Å². The van der Waals surface area contributed by atoms with Crippen LogP contribution < -0.4 is 15.6 Å². The number of hydrogen-bond donors (Lipinski definition) is 5. The Morgan fingerprint density at radius 1 is 0.786 bits per heavy atom. The Balaban J connectivity index is 0.708. The predicted octanol–water partition coefficient (Wildman–Crippen LogP) is 5.93. The van der Waals surface area contributed by atoms with Gasteiger partial charge < -0.3 is 44.9 Å². The van der Waals surface area contributed by atoms with E-state index in [2.05, 4.69) is 39.5 Å². The highest BCUT2D eigenvalue weighted by atomic mass is 16.6. The standard InChI is InChI=1S/C56H61N5O9/c62-48-20-18-46(47-19-21-50(64)58-52(47)48)49(63)33-57-27-22-39-14-16-42(17-15-39)53(66)61-37-55(38-61)25-30-60(31-26-55)51(65)36-69-45-13-7-12-44(32-45)56(68,43-10-5-2-6-11-43)54(67)70-35-41-23-28-59(29-24-41)34-40-8-3-1-4-9-40/h1-21,32,41,49,57,62-63,68H,22-31,33-38H2,(H,58,64)/t49-,56-/m0/s1. The number of hydrogen-bond acceptors (Lipinski definition) is 11. The fraction of sp³-hybridized carbons (Fsp3) is 0.357. The van der Waals surface area contributed by atoms with Gasteiger partial charge in [0.1, 0.15) is 11.5 Å². The highest BCUT2D eigenvalue weighted by Crippen LogP contribution is 2.41. The number of nitrogens with zero attached hydrogens (tertiary/aromatic N) is 3. The number of amides is 2. The molecule has 364 valence electrons. The third-order valence-electron chi connectivity index (χ3n) is 14.4. The molecule has 2 amide bonds. The first-order valence-electron chi connectivity index (χ1n) is 24.3. The van der Waals surface area contributed by atoms with E-state index in [0.29, 0.717) is 72.5 Å². The molecule has 2 atom stereocenters.